The van der Waals surface area contributed by atoms with Crippen molar-refractivity contribution < 1.29 is 24.2 Å². The van der Waals surface area contributed by atoms with Crippen molar-refractivity contribution in [2.45, 2.75) is 6.61 Å². The summed E-state index contributed by atoms with van der Waals surface area (Å²) in [6, 6.07) is 13.3. The second kappa shape index (κ2) is 7.12. The minimum absolute atomic E-state index is 0.0386. The molecule has 0 aliphatic carbocycles. The highest BCUT2D eigenvalue weighted by Gasteiger charge is 2.13. The zero-order valence-electron chi connectivity index (χ0n) is 11.9. The Balaban J connectivity index is 1.98. The van der Waals surface area contributed by atoms with Crippen LogP contribution in [0.4, 0.5) is 10.5 Å². The van der Waals surface area contributed by atoms with Crippen molar-refractivity contribution >= 4 is 17.7 Å². The summed E-state index contributed by atoms with van der Waals surface area (Å²) in [5.41, 5.74) is 1.14. The second-order valence-electron chi connectivity index (χ2n) is 4.41. The summed E-state index contributed by atoms with van der Waals surface area (Å²) in [6.45, 7) is 0.134. The molecule has 2 aromatic carbocycles. The topological polar surface area (TPSA) is 84.9 Å². The third kappa shape index (κ3) is 3.99. The Hall–Kier alpha value is -3.02. The van der Waals surface area contributed by atoms with Crippen LogP contribution in [-0.2, 0) is 16.1 Å². The van der Waals surface area contributed by atoms with Gasteiger partial charge in [-0.2, -0.15) is 0 Å². The van der Waals surface area contributed by atoms with Gasteiger partial charge in [0, 0.05) is 5.69 Å². The number of hydrogen-bond donors (Lipinski definition) is 2. The van der Waals surface area contributed by atoms with Crippen LogP contribution in [0.15, 0.2) is 48.5 Å². The lowest BCUT2D eigenvalue weighted by Crippen LogP contribution is -2.14. The van der Waals surface area contributed by atoms with Crippen LogP contribution in [0.3, 0.4) is 0 Å². The molecule has 0 spiro atoms. The van der Waals surface area contributed by atoms with Crippen LogP contribution in [-0.4, -0.2) is 24.3 Å². The van der Waals surface area contributed by atoms with Crippen LogP contribution >= 0.6 is 0 Å². The zero-order chi connectivity index (χ0) is 15.9. The summed E-state index contributed by atoms with van der Waals surface area (Å²) in [4.78, 5) is 23.2. The standard InChI is InChI=1S/C16H15NO5/c1-21-15(19)13-9-12(7-8-14(13)18)17-16(20)22-10-11-5-3-2-4-6-11/h2-9,18H,10H2,1H3,(H,17,20). The number of anilines is 1. The van der Waals surface area contributed by atoms with E-state index >= 15 is 0 Å². The van der Waals surface area contributed by atoms with Gasteiger partial charge in [-0.1, -0.05) is 30.3 Å². The Morgan fingerprint density at radius 2 is 1.86 bits per heavy atom. The first kappa shape index (κ1) is 15.4. The van der Waals surface area contributed by atoms with Crippen molar-refractivity contribution in [3.8, 4) is 5.75 Å². The molecule has 2 N–H and O–H groups in total. The highest BCUT2D eigenvalue weighted by Crippen LogP contribution is 2.22. The van der Waals surface area contributed by atoms with Crippen LogP contribution in [0, 0.1) is 0 Å². The predicted octanol–water partition coefficient (Wildman–Crippen LogP) is 2.93. The number of phenolic OH excluding ortho intramolecular Hbond substituents is 1. The third-order valence-corrected chi connectivity index (χ3v) is 2.86. The normalized spacial score (nSPS) is 9.86. The Morgan fingerprint density at radius 1 is 1.14 bits per heavy atom. The summed E-state index contributed by atoms with van der Waals surface area (Å²) < 4.78 is 9.60. The maximum Gasteiger partial charge on any atom is 0.411 e. The maximum absolute atomic E-state index is 11.7. The number of carbonyl (C=O) groups excluding carboxylic acids is 2. The molecule has 0 saturated carbocycles. The smallest absolute Gasteiger partial charge is 0.411 e. The molecule has 0 radical (unpaired) electrons. The van der Waals surface area contributed by atoms with E-state index in [9.17, 15) is 14.7 Å². The van der Waals surface area contributed by atoms with Gasteiger partial charge < -0.3 is 14.6 Å². The fraction of sp³-hybridized carbons (Fsp3) is 0.125. The number of phenols is 1. The van der Waals surface area contributed by atoms with E-state index in [-0.39, 0.29) is 17.9 Å². The SMILES string of the molecule is COC(=O)c1cc(NC(=O)OCc2ccccc2)ccc1O. The molecule has 0 heterocycles. The van der Waals surface area contributed by atoms with E-state index in [0.29, 0.717) is 5.69 Å². The molecule has 0 aromatic heterocycles. The molecule has 0 atom stereocenters. The predicted molar refractivity (Wildman–Crippen MR) is 79.7 cm³/mol. The average molecular weight is 301 g/mol. The van der Waals surface area contributed by atoms with E-state index in [0.717, 1.165) is 5.56 Å². The number of esters is 1. The summed E-state index contributed by atoms with van der Waals surface area (Å²) in [5, 5.41) is 12.1. The van der Waals surface area contributed by atoms with Gasteiger partial charge in [0.2, 0.25) is 0 Å². The minimum Gasteiger partial charge on any atom is -0.507 e. The Bertz CT molecular complexity index is 669. The number of carbonyl (C=O) groups is 2. The van der Waals surface area contributed by atoms with Crippen molar-refractivity contribution in [2.75, 3.05) is 12.4 Å². The molecule has 0 saturated heterocycles. The molecule has 1 amide bonds. The maximum atomic E-state index is 11.7. The number of methoxy groups -OCH3 is 1. The average Bonchev–Trinajstić information content (AvgIpc) is 2.55. The number of ether oxygens (including phenoxy) is 2. The summed E-state index contributed by atoms with van der Waals surface area (Å²) in [5.74, 6) is -0.922. The fourth-order valence-electron chi connectivity index (χ4n) is 1.76. The Kier molecular flexibility index (Phi) is 4.98. The molecule has 6 nitrogen and oxygen atoms in total. The number of benzene rings is 2. The van der Waals surface area contributed by atoms with Crippen LogP contribution in [0.1, 0.15) is 15.9 Å². The molecule has 2 aromatic rings. The molecule has 0 aliphatic heterocycles. The lowest BCUT2D eigenvalue weighted by molar-refractivity contribution is 0.0597. The summed E-state index contributed by atoms with van der Waals surface area (Å²) in [6.07, 6.45) is -0.662. The summed E-state index contributed by atoms with van der Waals surface area (Å²) >= 11 is 0. The molecule has 0 fully saturated rings. The van der Waals surface area contributed by atoms with E-state index in [4.69, 9.17) is 4.74 Å². The Labute approximate surface area is 127 Å². The van der Waals surface area contributed by atoms with Crippen LogP contribution < -0.4 is 5.32 Å². The van der Waals surface area contributed by atoms with Gasteiger partial charge in [-0.25, -0.2) is 9.59 Å². The third-order valence-electron chi connectivity index (χ3n) is 2.86. The van der Waals surface area contributed by atoms with Crippen LogP contribution in [0.25, 0.3) is 0 Å². The molecule has 0 unspecified atom stereocenters. The highest BCUT2D eigenvalue weighted by molar-refractivity contribution is 5.95. The molecule has 22 heavy (non-hydrogen) atoms. The quantitative estimate of drug-likeness (QED) is 0.670. The first-order valence-corrected chi connectivity index (χ1v) is 6.49. The molecule has 6 heteroatoms. The van der Waals surface area contributed by atoms with Gasteiger partial charge in [-0.3, -0.25) is 5.32 Å². The number of aromatic hydroxyl groups is 1. The van der Waals surface area contributed by atoms with E-state index in [2.05, 4.69) is 10.1 Å². The number of nitrogens with one attached hydrogen (secondary N) is 1. The lowest BCUT2D eigenvalue weighted by Gasteiger charge is -2.09. The van der Waals surface area contributed by atoms with Crippen molar-refractivity contribution in [1.82, 2.24) is 0 Å². The lowest BCUT2D eigenvalue weighted by atomic mass is 10.2. The first-order chi connectivity index (χ1) is 10.6. The highest BCUT2D eigenvalue weighted by atomic mass is 16.5. The largest absolute Gasteiger partial charge is 0.507 e. The second-order valence-corrected chi connectivity index (χ2v) is 4.41. The van der Waals surface area contributed by atoms with Gasteiger partial charge in [-0.15, -0.1) is 0 Å². The monoisotopic (exact) mass is 301 g/mol. The fourth-order valence-corrected chi connectivity index (χ4v) is 1.76. The van der Waals surface area contributed by atoms with Gasteiger partial charge >= 0.3 is 12.1 Å². The van der Waals surface area contributed by atoms with E-state index in [1.54, 1.807) is 0 Å². The number of hydrogen-bond acceptors (Lipinski definition) is 5. The van der Waals surface area contributed by atoms with Crippen molar-refractivity contribution in [3.05, 3.63) is 59.7 Å². The molecule has 0 aliphatic rings. The number of rotatable bonds is 4. The molecule has 2 rings (SSSR count). The number of amides is 1. The van der Waals surface area contributed by atoms with E-state index in [1.165, 1.54) is 25.3 Å². The van der Waals surface area contributed by atoms with Crippen molar-refractivity contribution in [3.63, 3.8) is 0 Å². The molecular weight excluding hydrogens is 286 g/mol. The van der Waals surface area contributed by atoms with Gasteiger partial charge in [0.1, 0.15) is 17.9 Å². The van der Waals surface area contributed by atoms with Gasteiger partial charge in [0.25, 0.3) is 0 Å². The zero-order valence-corrected chi connectivity index (χ0v) is 11.9. The van der Waals surface area contributed by atoms with Crippen molar-refractivity contribution in [2.24, 2.45) is 0 Å². The first-order valence-electron chi connectivity index (χ1n) is 6.49. The van der Waals surface area contributed by atoms with Crippen molar-refractivity contribution in [1.29, 1.82) is 0 Å². The van der Waals surface area contributed by atoms with Gasteiger partial charge in [-0.05, 0) is 23.8 Å². The van der Waals surface area contributed by atoms with Gasteiger partial charge in [0.15, 0.2) is 0 Å². The Morgan fingerprint density at radius 3 is 2.55 bits per heavy atom. The van der Waals surface area contributed by atoms with E-state index < -0.39 is 12.1 Å². The molecular formula is C16H15NO5. The molecule has 114 valence electrons. The summed E-state index contributed by atoms with van der Waals surface area (Å²) in [7, 11) is 1.20. The minimum atomic E-state index is -0.696. The van der Waals surface area contributed by atoms with E-state index in [1.807, 2.05) is 30.3 Å². The molecule has 0 bridgehead atoms. The van der Waals surface area contributed by atoms with Crippen LogP contribution in [0.5, 0.6) is 5.75 Å². The van der Waals surface area contributed by atoms with Crippen LogP contribution in [0.2, 0.25) is 0 Å². The van der Waals surface area contributed by atoms with Gasteiger partial charge in [0.05, 0.1) is 7.11 Å².